The quantitative estimate of drug-likeness (QED) is 0.867. The van der Waals surface area contributed by atoms with Gasteiger partial charge < -0.3 is 10.1 Å². The highest BCUT2D eigenvalue weighted by Crippen LogP contribution is 2.26. The Morgan fingerprint density at radius 2 is 2.00 bits per heavy atom. The molecule has 0 aliphatic heterocycles. The van der Waals surface area contributed by atoms with Gasteiger partial charge in [0.15, 0.2) is 0 Å². The molecule has 0 radical (unpaired) electrons. The van der Waals surface area contributed by atoms with Crippen molar-refractivity contribution in [2.45, 2.75) is 44.9 Å². The average molecular weight is 254 g/mol. The predicted octanol–water partition coefficient (Wildman–Crippen LogP) is 3.56. The lowest BCUT2D eigenvalue weighted by Crippen LogP contribution is -2.46. The van der Waals surface area contributed by atoms with Gasteiger partial charge in [-0.3, -0.25) is 0 Å². The van der Waals surface area contributed by atoms with Crippen molar-refractivity contribution < 1.29 is 4.74 Å². The minimum absolute atomic E-state index is 0.375. The lowest BCUT2D eigenvalue weighted by atomic mass is 9.88. The smallest absolute Gasteiger partial charge is 0.0604 e. The first kappa shape index (κ1) is 12.9. The molecule has 1 saturated carbocycles. The van der Waals surface area contributed by atoms with Crippen LogP contribution in [0.4, 0.5) is 0 Å². The van der Waals surface area contributed by atoms with Crippen LogP contribution < -0.4 is 5.32 Å². The van der Waals surface area contributed by atoms with Crippen molar-refractivity contribution >= 4 is 11.6 Å². The molecule has 1 aromatic rings. The Morgan fingerprint density at radius 1 is 1.35 bits per heavy atom. The van der Waals surface area contributed by atoms with Crippen molar-refractivity contribution in [2.75, 3.05) is 6.61 Å². The predicted molar refractivity (Wildman–Crippen MR) is 71.4 cm³/mol. The fourth-order valence-electron chi connectivity index (χ4n) is 2.27. The number of hydrogen-bond acceptors (Lipinski definition) is 2. The van der Waals surface area contributed by atoms with Crippen LogP contribution in [0.1, 0.15) is 38.3 Å². The molecule has 1 atom stereocenters. The maximum Gasteiger partial charge on any atom is 0.0604 e. The van der Waals surface area contributed by atoms with E-state index in [4.69, 9.17) is 16.3 Å². The second-order valence-electron chi connectivity index (χ2n) is 4.69. The number of ether oxygens (including phenoxy) is 1. The fourth-order valence-corrected chi connectivity index (χ4v) is 2.40. The summed E-state index contributed by atoms with van der Waals surface area (Å²) in [5, 5.41) is 4.41. The second kappa shape index (κ2) is 5.85. The van der Waals surface area contributed by atoms with E-state index in [1.54, 1.807) is 0 Å². The molecule has 2 nitrogen and oxygen atoms in total. The molecule has 1 N–H and O–H groups in total. The van der Waals surface area contributed by atoms with E-state index in [1.165, 1.54) is 5.56 Å². The highest BCUT2D eigenvalue weighted by Gasteiger charge is 2.30. The monoisotopic (exact) mass is 253 g/mol. The van der Waals surface area contributed by atoms with Gasteiger partial charge in [-0.2, -0.15) is 0 Å². The van der Waals surface area contributed by atoms with E-state index in [0.29, 0.717) is 18.2 Å². The standard InChI is InChI=1S/C14H20ClNO/c1-3-17-14-8-13(9-14)16-10(2)11-4-6-12(15)7-5-11/h4-7,10,13-14,16H,3,8-9H2,1-2H3/t10-,13?,14?/m1/s1. The van der Waals surface area contributed by atoms with Crippen LogP contribution in [-0.2, 0) is 4.74 Å². The van der Waals surface area contributed by atoms with Crippen molar-refractivity contribution in [1.29, 1.82) is 0 Å². The Labute approximate surface area is 108 Å². The lowest BCUT2D eigenvalue weighted by Gasteiger charge is -2.37. The highest BCUT2D eigenvalue weighted by molar-refractivity contribution is 6.30. The first-order valence-corrected chi connectivity index (χ1v) is 6.70. The maximum atomic E-state index is 5.88. The molecule has 1 aliphatic carbocycles. The summed E-state index contributed by atoms with van der Waals surface area (Å²) in [6, 6.07) is 9.02. The van der Waals surface area contributed by atoms with E-state index >= 15 is 0 Å². The first-order valence-electron chi connectivity index (χ1n) is 6.32. The summed E-state index contributed by atoms with van der Waals surface area (Å²) in [4.78, 5) is 0. The van der Waals surface area contributed by atoms with Gasteiger partial charge in [0.2, 0.25) is 0 Å². The largest absolute Gasteiger partial charge is 0.378 e. The van der Waals surface area contributed by atoms with Gasteiger partial charge in [0.25, 0.3) is 0 Å². The molecule has 2 rings (SSSR count). The third kappa shape index (κ3) is 3.44. The number of hydrogen-bond donors (Lipinski definition) is 1. The van der Waals surface area contributed by atoms with E-state index in [9.17, 15) is 0 Å². The first-order chi connectivity index (χ1) is 8.19. The van der Waals surface area contributed by atoms with Crippen LogP contribution >= 0.6 is 11.6 Å². The van der Waals surface area contributed by atoms with Gasteiger partial charge in [-0.1, -0.05) is 23.7 Å². The summed E-state index contributed by atoms with van der Waals surface area (Å²) >= 11 is 5.88. The maximum absolute atomic E-state index is 5.88. The summed E-state index contributed by atoms with van der Waals surface area (Å²) in [6.45, 7) is 5.07. The van der Waals surface area contributed by atoms with Crippen LogP contribution in [0, 0.1) is 0 Å². The van der Waals surface area contributed by atoms with Gasteiger partial charge in [-0.05, 0) is 44.4 Å². The normalized spacial score (nSPS) is 25.4. The van der Waals surface area contributed by atoms with Gasteiger partial charge >= 0.3 is 0 Å². The van der Waals surface area contributed by atoms with E-state index in [0.717, 1.165) is 24.5 Å². The van der Waals surface area contributed by atoms with E-state index < -0.39 is 0 Å². The van der Waals surface area contributed by atoms with E-state index in [1.807, 2.05) is 12.1 Å². The van der Waals surface area contributed by atoms with Gasteiger partial charge in [-0.15, -0.1) is 0 Å². The highest BCUT2D eigenvalue weighted by atomic mass is 35.5. The SMILES string of the molecule is CCOC1CC(N[C@H](C)c2ccc(Cl)cc2)C1. The molecule has 0 amide bonds. The summed E-state index contributed by atoms with van der Waals surface area (Å²) in [5.41, 5.74) is 1.29. The van der Waals surface area contributed by atoms with Crippen molar-refractivity contribution in [3.63, 3.8) is 0 Å². The Balaban J connectivity index is 1.78. The summed E-state index contributed by atoms with van der Waals surface area (Å²) in [5.74, 6) is 0. The molecule has 1 fully saturated rings. The van der Waals surface area contributed by atoms with Crippen molar-refractivity contribution in [2.24, 2.45) is 0 Å². The summed E-state index contributed by atoms with van der Waals surface area (Å²) in [6.07, 6.45) is 2.73. The van der Waals surface area contributed by atoms with Gasteiger partial charge in [0.05, 0.1) is 6.10 Å². The molecule has 1 aromatic carbocycles. The molecule has 0 spiro atoms. The van der Waals surface area contributed by atoms with Gasteiger partial charge in [0, 0.05) is 23.7 Å². The topological polar surface area (TPSA) is 21.3 Å². The zero-order valence-corrected chi connectivity index (χ0v) is 11.2. The molecule has 17 heavy (non-hydrogen) atoms. The van der Waals surface area contributed by atoms with Gasteiger partial charge in [0.1, 0.15) is 0 Å². The average Bonchev–Trinajstić information content (AvgIpc) is 2.27. The number of halogens is 1. The molecular formula is C14H20ClNO. The molecule has 3 heteroatoms. The number of nitrogens with one attached hydrogen (secondary N) is 1. The second-order valence-corrected chi connectivity index (χ2v) is 5.12. The van der Waals surface area contributed by atoms with E-state index in [2.05, 4.69) is 31.3 Å². The van der Waals surface area contributed by atoms with Crippen molar-refractivity contribution in [3.05, 3.63) is 34.9 Å². The van der Waals surface area contributed by atoms with Crippen LogP contribution in [0.15, 0.2) is 24.3 Å². The molecule has 0 unspecified atom stereocenters. The zero-order valence-electron chi connectivity index (χ0n) is 10.4. The molecule has 1 aliphatic rings. The fraction of sp³-hybridized carbons (Fsp3) is 0.571. The Morgan fingerprint density at radius 3 is 2.59 bits per heavy atom. The lowest BCUT2D eigenvalue weighted by molar-refractivity contribution is -0.0120. The van der Waals surface area contributed by atoms with Crippen LogP contribution in [-0.4, -0.2) is 18.8 Å². The summed E-state index contributed by atoms with van der Waals surface area (Å²) in [7, 11) is 0. The van der Waals surface area contributed by atoms with E-state index in [-0.39, 0.29) is 0 Å². The zero-order chi connectivity index (χ0) is 12.3. The molecular weight excluding hydrogens is 234 g/mol. The third-order valence-corrected chi connectivity index (χ3v) is 3.60. The number of rotatable bonds is 5. The van der Waals surface area contributed by atoms with Crippen molar-refractivity contribution in [1.82, 2.24) is 5.32 Å². The number of benzene rings is 1. The summed E-state index contributed by atoms with van der Waals surface area (Å²) < 4.78 is 5.55. The molecule has 0 heterocycles. The Kier molecular flexibility index (Phi) is 4.43. The van der Waals surface area contributed by atoms with Gasteiger partial charge in [-0.25, -0.2) is 0 Å². The third-order valence-electron chi connectivity index (χ3n) is 3.35. The minimum atomic E-state index is 0.375. The molecule has 0 bridgehead atoms. The van der Waals surface area contributed by atoms with Crippen LogP contribution in [0.5, 0.6) is 0 Å². The molecule has 0 aromatic heterocycles. The molecule has 94 valence electrons. The Hall–Kier alpha value is -0.570. The Bertz CT molecular complexity index is 346. The van der Waals surface area contributed by atoms with Crippen LogP contribution in [0.2, 0.25) is 5.02 Å². The molecule has 0 saturated heterocycles. The van der Waals surface area contributed by atoms with Crippen molar-refractivity contribution in [3.8, 4) is 0 Å². The van der Waals surface area contributed by atoms with Crippen LogP contribution in [0.3, 0.4) is 0 Å². The van der Waals surface area contributed by atoms with Crippen LogP contribution in [0.25, 0.3) is 0 Å². The minimum Gasteiger partial charge on any atom is -0.378 e.